The largest absolute Gasteiger partial charge is 0.361 e. The standard InChI is InChI=1S/C21H17ClN4O2/c1-12-17(9-13-8-15(22)6-7-18(13)24-12)21(28)26-25-20(27)10-14-11-23-19-5-3-2-4-16(14)19/h2-9,11,23H,10H2,1H3,(H,25,27)(H,26,28). The lowest BCUT2D eigenvalue weighted by molar-refractivity contribution is -0.121. The molecule has 0 aliphatic heterocycles. The highest BCUT2D eigenvalue weighted by atomic mass is 35.5. The first-order valence-electron chi connectivity index (χ1n) is 8.72. The Hall–Kier alpha value is -3.38. The molecule has 0 unspecified atom stereocenters. The maximum Gasteiger partial charge on any atom is 0.271 e. The first-order valence-corrected chi connectivity index (χ1v) is 9.10. The smallest absolute Gasteiger partial charge is 0.271 e. The number of halogens is 1. The van der Waals surface area contributed by atoms with Crippen molar-refractivity contribution < 1.29 is 9.59 Å². The number of aromatic nitrogens is 2. The molecule has 2 heterocycles. The SMILES string of the molecule is Cc1nc2ccc(Cl)cc2cc1C(=O)NNC(=O)Cc1c[nH]c2ccccc12. The molecule has 140 valence electrons. The molecular formula is C21H17ClN4O2. The number of aromatic amines is 1. The highest BCUT2D eigenvalue weighted by Gasteiger charge is 2.14. The van der Waals surface area contributed by atoms with Crippen LogP contribution in [0, 0.1) is 6.92 Å². The first-order chi connectivity index (χ1) is 13.5. The van der Waals surface area contributed by atoms with Gasteiger partial charge in [0.2, 0.25) is 5.91 Å². The molecule has 0 spiro atoms. The summed E-state index contributed by atoms with van der Waals surface area (Å²) in [5.41, 5.74) is 8.44. The summed E-state index contributed by atoms with van der Waals surface area (Å²) >= 11 is 6.01. The molecular weight excluding hydrogens is 376 g/mol. The van der Waals surface area contributed by atoms with E-state index in [0.29, 0.717) is 16.3 Å². The third kappa shape index (κ3) is 3.54. The summed E-state index contributed by atoms with van der Waals surface area (Å²) in [7, 11) is 0. The summed E-state index contributed by atoms with van der Waals surface area (Å²) in [4.78, 5) is 32.3. The van der Waals surface area contributed by atoms with Crippen molar-refractivity contribution in [3.05, 3.63) is 76.6 Å². The highest BCUT2D eigenvalue weighted by Crippen LogP contribution is 2.21. The molecule has 0 radical (unpaired) electrons. The van der Waals surface area contributed by atoms with Crippen LogP contribution in [-0.2, 0) is 11.2 Å². The Morgan fingerprint density at radius 2 is 1.93 bits per heavy atom. The molecule has 2 aromatic carbocycles. The topological polar surface area (TPSA) is 86.9 Å². The molecule has 2 aromatic heterocycles. The predicted molar refractivity (Wildman–Crippen MR) is 109 cm³/mol. The predicted octanol–water partition coefficient (Wildman–Crippen LogP) is 3.68. The van der Waals surface area contributed by atoms with Crippen molar-refractivity contribution in [3.63, 3.8) is 0 Å². The average molecular weight is 393 g/mol. The third-order valence-corrected chi connectivity index (χ3v) is 4.79. The second-order valence-electron chi connectivity index (χ2n) is 6.50. The van der Waals surface area contributed by atoms with E-state index in [0.717, 1.165) is 27.4 Å². The third-order valence-electron chi connectivity index (χ3n) is 4.55. The van der Waals surface area contributed by atoms with E-state index < -0.39 is 5.91 Å². The number of hydrogen-bond donors (Lipinski definition) is 3. The molecule has 6 nitrogen and oxygen atoms in total. The van der Waals surface area contributed by atoms with Crippen LogP contribution in [0.3, 0.4) is 0 Å². The number of para-hydroxylation sites is 1. The lowest BCUT2D eigenvalue weighted by Gasteiger charge is -2.10. The number of nitrogens with one attached hydrogen (secondary N) is 3. The monoisotopic (exact) mass is 392 g/mol. The maximum absolute atomic E-state index is 12.5. The molecule has 7 heteroatoms. The maximum atomic E-state index is 12.5. The Morgan fingerprint density at radius 3 is 2.79 bits per heavy atom. The number of carbonyl (C=O) groups excluding carboxylic acids is 2. The zero-order valence-electron chi connectivity index (χ0n) is 15.0. The number of hydrogen-bond acceptors (Lipinski definition) is 3. The van der Waals surface area contributed by atoms with E-state index in [1.54, 1.807) is 37.4 Å². The van der Waals surface area contributed by atoms with Gasteiger partial charge in [-0.05, 0) is 42.8 Å². The molecule has 0 aliphatic carbocycles. The number of amides is 2. The average Bonchev–Trinajstić information content (AvgIpc) is 3.09. The van der Waals surface area contributed by atoms with E-state index in [1.165, 1.54) is 0 Å². The van der Waals surface area contributed by atoms with Gasteiger partial charge < -0.3 is 4.98 Å². The number of pyridine rings is 1. The second-order valence-corrected chi connectivity index (χ2v) is 6.93. The molecule has 0 atom stereocenters. The number of hydrazine groups is 1. The minimum atomic E-state index is -0.431. The van der Waals surface area contributed by atoms with Gasteiger partial charge in [-0.3, -0.25) is 25.4 Å². The number of aryl methyl sites for hydroxylation is 1. The van der Waals surface area contributed by atoms with Gasteiger partial charge >= 0.3 is 0 Å². The normalized spacial score (nSPS) is 10.9. The van der Waals surface area contributed by atoms with Crippen molar-refractivity contribution in [3.8, 4) is 0 Å². The van der Waals surface area contributed by atoms with Gasteiger partial charge in [-0.1, -0.05) is 29.8 Å². The van der Waals surface area contributed by atoms with Crippen LogP contribution in [0.2, 0.25) is 5.02 Å². The zero-order valence-corrected chi connectivity index (χ0v) is 15.8. The van der Waals surface area contributed by atoms with Gasteiger partial charge in [-0.2, -0.15) is 0 Å². The minimum Gasteiger partial charge on any atom is -0.361 e. The molecule has 28 heavy (non-hydrogen) atoms. The van der Waals surface area contributed by atoms with E-state index in [4.69, 9.17) is 11.6 Å². The van der Waals surface area contributed by atoms with E-state index in [1.807, 2.05) is 24.3 Å². The fourth-order valence-corrected chi connectivity index (χ4v) is 3.34. The summed E-state index contributed by atoms with van der Waals surface area (Å²) in [6.45, 7) is 1.75. The van der Waals surface area contributed by atoms with Gasteiger partial charge in [0.25, 0.3) is 5.91 Å². The summed E-state index contributed by atoms with van der Waals surface area (Å²) in [5.74, 6) is -0.744. The van der Waals surface area contributed by atoms with Gasteiger partial charge in [0.05, 0.1) is 23.2 Å². The summed E-state index contributed by atoms with van der Waals surface area (Å²) in [6.07, 6.45) is 1.95. The van der Waals surface area contributed by atoms with Gasteiger partial charge in [0, 0.05) is 27.5 Å². The summed E-state index contributed by atoms with van der Waals surface area (Å²) in [6, 6.07) is 14.7. The van der Waals surface area contributed by atoms with Crippen molar-refractivity contribution in [1.29, 1.82) is 0 Å². The van der Waals surface area contributed by atoms with Crippen LogP contribution in [-0.4, -0.2) is 21.8 Å². The number of rotatable bonds is 3. The van der Waals surface area contributed by atoms with Crippen molar-refractivity contribution >= 4 is 45.2 Å². The van der Waals surface area contributed by atoms with Gasteiger partial charge in [-0.15, -0.1) is 0 Å². The van der Waals surface area contributed by atoms with E-state index >= 15 is 0 Å². The van der Waals surface area contributed by atoms with Crippen molar-refractivity contribution in [1.82, 2.24) is 20.8 Å². The highest BCUT2D eigenvalue weighted by molar-refractivity contribution is 6.31. The number of H-pyrrole nitrogens is 1. The number of carbonyl (C=O) groups is 2. The van der Waals surface area contributed by atoms with E-state index in [2.05, 4.69) is 20.8 Å². The fraction of sp³-hybridized carbons (Fsp3) is 0.0952. The van der Waals surface area contributed by atoms with Crippen LogP contribution in [0.4, 0.5) is 0 Å². The number of fused-ring (bicyclic) bond motifs is 2. The first kappa shape index (κ1) is 18.0. The Balaban J connectivity index is 1.46. The zero-order chi connectivity index (χ0) is 19.7. The molecule has 0 aliphatic rings. The van der Waals surface area contributed by atoms with Crippen LogP contribution in [0.25, 0.3) is 21.8 Å². The Bertz CT molecular complexity index is 1220. The van der Waals surface area contributed by atoms with Gasteiger partial charge in [0.15, 0.2) is 0 Å². The molecule has 0 bridgehead atoms. The molecule has 0 saturated heterocycles. The van der Waals surface area contributed by atoms with Crippen molar-refractivity contribution in [2.75, 3.05) is 0 Å². The van der Waals surface area contributed by atoms with Crippen LogP contribution >= 0.6 is 11.6 Å². The van der Waals surface area contributed by atoms with Gasteiger partial charge in [-0.25, -0.2) is 0 Å². The summed E-state index contributed by atoms with van der Waals surface area (Å²) in [5, 5.41) is 2.31. The van der Waals surface area contributed by atoms with Gasteiger partial charge in [0.1, 0.15) is 0 Å². The lowest BCUT2D eigenvalue weighted by Crippen LogP contribution is -2.42. The van der Waals surface area contributed by atoms with Crippen molar-refractivity contribution in [2.45, 2.75) is 13.3 Å². The van der Waals surface area contributed by atoms with Crippen LogP contribution in [0.15, 0.2) is 54.7 Å². The number of nitrogens with zero attached hydrogens (tertiary/aromatic N) is 1. The minimum absolute atomic E-state index is 0.148. The van der Waals surface area contributed by atoms with E-state index in [9.17, 15) is 9.59 Å². The Morgan fingerprint density at radius 1 is 1.11 bits per heavy atom. The van der Waals surface area contributed by atoms with Crippen LogP contribution < -0.4 is 10.9 Å². The lowest BCUT2D eigenvalue weighted by atomic mass is 10.1. The van der Waals surface area contributed by atoms with E-state index in [-0.39, 0.29) is 12.3 Å². The van der Waals surface area contributed by atoms with Crippen LogP contribution in [0.5, 0.6) is 0 Å². The molecule has 2 amide bonds. The van der Waals surface area contributed by atoms with Crippen molar-refractivity contribution in [2.24, 2.45) is 0 Å². The second kappa shape index (κ2) is 7.32. The summed E-state index contributed by atoms with van der Waals surface area (Å²) < 4.78 is 0. The Kier molecular flexibility index (Phi) is 4.71. The molecule has 0 fully saturated rings. The molecule has 0 saturated carbocycles. The molecule has 4 rings (SSSR count). The quantitative estimate of drug-likeness (QED) is 0.465. The number of benzene rings is 2. The molecule has 3 N–H and O–H groups in total. The Labute approximate surface area is 165 Å². The van der Waals surface area contributed by atoms with Crippen LogP contribution in [0.1, 0.15) is 21.6 Å². The molecule has 4 aromatic rings. The fourth-order valence-electron chi connectivity index (χ4n) is 3.16.